The molecule has 0 atom stereocenters. The number of nitro benzene ring substituents is 2. The molecule has 0 aromatic heterocycles. The minimum atomic E-state index is -1.76. The lowest BCUT2D eigenvalue weighted by Gasteiger charge is -2.36. The van der Waals surface area contributed by atoms with E-state index in [1.54, 1.807) is 0 Å². The fourth-order valence-electron chi connectivity index (χ4n) is 6.59. The van der Waals surface area contributed by atoms with Gasteiger partial charge in [-0.2, -0.15) is 0 Å². The zero-order valence-corrected chi connectivity index (χ0v) is 29.4. The molecule has 0 radical (unpaired) electrons. The highest BCUT2D eigenvalue weighted by molar-refractivity contribution is 6.06. The van der Waals surface area contributed by atoms with Crippen molar-refractivity contribution in [2.45, 2.75) is 18.8 Å². The standard InChI is InChI=1S/C39H26N2O17/c42-34(43)18-55-22-6-10-30(40(49)50)20(12-22)16-53-24-4-8-27-32(14-24)57-33-15-25(54-17-21-13-23(56-19-35(44)45)7-11-31(21)41(51)52)5-9-28(33)39(27)29-3-1-2-26(37(46)47)36(29)38(48)58-39/h1-15H,16-19H2,(H,42,43)(H,44,45)(H,46,47). The molecule has 2 heterocycles. The highest BCUT2D eigenvalue weighted by Gasteiger charge is 2.54. The number of carbonyl (C=O) groups is 4. The van der Waals surface area contributed by atoms with Gasteiger partial charge in [-0.05, 0) is 54.6 Å². The highest BCUT2D eigenvalue weighted by atomic mass is 16.6. The number of ether oxygens (including phenoxy) is 6. The van der Waals surface area contributed by atoms with Crippen molar-refractivity contribution in [3.8, 4) is 34.5 Å². The Balaban J connectivity index is 1.26. The first-order valence-corrected chi connectivity index (χ1v) is 16.8. The zero-order valence-electron chi connectivity index (χ0n) is 29.4. The van der Waals surface area contributed by atoms with Crippen LogP contribution < -0.4 is 23.7 Å². The third-order valence-corrected chi connectivity index (χ3v) is 9.02. The molecule has 5 aromatic rings. The third kappa shape index (κ3) is 7.17. The van der Waals surface area contributed by atoms with Crippen molar-refractivity contribution < 1.29 is 72.8 Å². The number of aliphatic carboxylic acids is 2. The predicted molar refractivity (Wildman–Crippen MR) is 193 cm³/mol. The van der Waals surface area contributed by atoms with Gasteiger partial charge in [0.2, 0.25) is 0 Å². The summed E-state index contributed by atoms with van der Waals surface area (Å²) < 4.78 is 34.6. The molecule has 2 aliphatic heterocycles. The molecule has 5 aromatic carbocycles. The second-order valence-corrected chi connectivity index (χ2v) is 12.6. The monoisotopic (exact) mass is 794 g/mol. The summed E-state index contributed by atoms with van der Waals surface area (Å²) in [6.07, 6.45) is 0. The maximum atomic E-state index is 13.6. The van der Waals surface area contributed by atoms with Crippen LogP contribution in [-0.2, 0) is 33.1 Å². The second kappa shape index (κ2) is 15.1. The third-order valence-electron chi connectivity index (χ3n) is 9.02. The number of carboxylic acid groups (broad SMARTS) is 3. The van der Waals surface area contributed by atoms with Crippen LogP contribution in [0.3, 0.4) is 0 Å². The second-order valence-electron chi connectivity index (χ2n) is 12.6. The molecule has 0 bridgehead atoms. The van der Waals surface area contributed by atoms with E-state index in [2.05, 4.69) is 0 Å². The van der Waals surface area contributed by atoms with Crippen molar-refractivity contribution >= 4 is 35.3 Å². The molecule has 0 unspecified atom stereocenters. The summed E-state index contributed by atoms with van der Waals surface area (Å²) in [6.45, 7) is -2.13. The number of fused-ring (bicyclic) bond motifs is 6. The first-order chi connectivity index (χ1) is 27.7. The Kier molecular flexibility index (Phi) is 9.93. The van der Waals surface area contributed by atoms with E-state index in [1.807, 2.05) is 0 Å². The summed E-state index contributed by atoms with van der Waals surface area (Å²) >= 11 is 0. The smallest absolute Gasteiger partial charge is 0.341 e. The molecule has 3 N–H and O–H groups in total. The van der Waals surface area contributed by atoms with Crippen molar-refractivity contribution in [3.63, 3.8) is 0 Å². The number of aromatic carboxylic acids is 1. The van der Waals surface area contributed by atoms with Gasteiger partial charge < -0.3 is 43.7 Å². The minimum Gasteiger partial charge on any atom is -0.489 e. The Morgan fingerprint density at radius 2 is 1.09 bits per heavy atom. The van der Waals surface area contributed by atoms with E-state index in [-0.39, 0.29) is 98.0 Å². The maximum Gasteiger partial charge on any atom is 0.341 e. The number of esters is 1. The highest BCUT2D eigenvalue weighted by Crippen LogP contribution is 2.57. The lowest BCUT2D eigenvalue weighted by Crippen LogP contribution is -2.33. The van der Waals surface area contributed by atoms with Crippen LogP contribution in [0.2, 0.25) is 0 Å². The molecule has 2 aliphatic rings. The van der Waals surface area contributed by atoms with Gasteiger partial charge in [-0.3, -0.25) is 20.2 Å². The summed E-state index contributed by atoms with van der Waals surface area (Å²) in [7, 11) is 0. The van der Waals surface area contributed by atoms with Gasteiger partial charge in [-0.15, -0.1) is 0 Å². The molecule has 0 fully saturated rings. The van der Waals surface area contributed by atoms with E-state index in [0.717, 1.165) is 12.1 Å². The zero-order chi connectivity index (χ0) is 41.3. The first-order valence-electron chi connectivity index (χ1n) is 16.8. The van der Waals surface area contributed by atoms with Gasteiger partial charge >= 0.3 is 23.9 Å². The number of carbonyl (C=O) groups excluding carboxylic acids is 1. The summed E-state index contributed by atoms with van der Waals surface area (Å²) in [4.78, 5) is 70.0. The van der Waals surface area contributed by atoms with Gasteiger partial charge in [0.1, 0.15) is 47.7 Å². The first kappa shape index (κ1) is 38.1. The number of carboxylic acids is 3. The Morgan fingerprint density at radius 1 is 0.621 bits per heavy atom. The van der Waals surface area contributed by atoms with Crippen molar-refractivity contribution in [2.24, 2.45) is 0 Å². The van der Waals surface area contributed by atoms with Crippen molar-refractivity contribution in [3.05, 3.63) is 150 Å². The quantitative estimate of drug-likeness (QED) is 0.0636. The van der Waals surface area contributed by atoms with E-state index >= 15 is 0 Å². The predicted octanol–water partition coefficient (Wildman–Crippen LogP) is 5.85. The van der Waals surface area contributed by atoms with Crippen LogP contribution in [0.25, 0.3) is 0 Å². The minimum absolute atomic E-state index is 0.0493. The van der Waals surface area contributed by atoms with Crippen molar-refractivity contribution in [1.29, 1.82) is 0 Å². The van der Waals surface area contributed by atoms with Crippen LogP contribution in [0.4, 0.5) is 11.4 Å². The van der Waals surface area contributed by atoms with E-state index in [9.17, 15) is 44.5 Å². The number of nitro groups is 2. The lowest BCUT2D eigenvalue weighted by atomic mass is 9.77. The summed E-state index contributed by atoms with van der Waals surface area (Å²) in [5.41, 5.74) is -2.10. The van der Waals surface area contributed by atoms with Crippen LogP contribution in [-0.4, -0.2) is 62.3 Å². The molecule has 1 spiro atoms. The molecule has 7 rings (SSSR count). The molecule has 19 heteroatoms. The van der Waals surface area contributed by atoms with Crippen LogP contribution >= 0.6 is 0 Å². The molecule has 0 amide bonds. The number of benzene rings is 5. The maximum absolute atomic E-state index is 13.6. The van der Waals surface area contributed by atoms with Crippen molar-refractivity contribution in [2.75, 3.05) is 13.2 Å². The van der Waals surface area contributed by atoms with Crippen LogP contribution in [0.5, 0.6) is 34.5 Å². The SMILES string of the molecule is O=C(O)COc1ccc([N+](=O)[O-])c(COc2ccc3c(c2)Oc2cc(OCc4cc(OCC(=O)O)ccc4[N+](=O)[O-])ccc2C32OC(=O)c3c(C(=O)O)cccc32)c1. The van der Waals surface area contributed by atoms with Gasteiger partial charge in [0.15, 0.2) is 18.8 Å². The van der Waals surface area contributed by atoms with E-state index in [4.69, 9.17) is 38.6 Å². The number of hydrogen-bond donors (Lipinski definition) is 3. The van der Waals surface area contributed by atoms with E-state index < -0.39 is 52.5 Å². The van der Waals surface area contributed by atoms with Crippen molar-refractivity contribution in [1.82, 2.24) is 0 Å². The number of nitrogens with zero attached hydrogens (tertiary/aromatic N) is 2. The van der Waals surface area contributed by atoms with Gasteiger partial charge in [-0.1, -0.05) is 12.1 Å². The largest absolute Gasteiger partial charge is 0.489 e. The average molecular weight is 795 g/mol. The topological polar surface area (TPSA) is 271 Å². The summed E-state index contributed by atoms with van der Waals surface area (Å²) in [6, 6.07) is 20.4. The molecular weight excluding hydrogens is 768 g/mol. The number of hydrogen-bond acceptors (Lipinski definition) is 14. The summed E-state index contributed by atoms with van der Waals surface area (Å²) in [5, 5.41) is 51.4. The molecule has 58 heavy (non-hydrogen) atoms. The van der Waals surface area contributed by atoms with Gasteiger partial charge in [0.25, 0.3) is 11.4 Å². The normalized spacial score (nSPS) is 12.9. The molecule has 19 nitrogen and oxygen atoms in total. The van der Waals surface area contributed by atoms with Crippen LogP contribution in [0.15, 0.2) is 91.0 Å². The molecule has 0 aliphatic carbocycles. The average Bonchev–Trinajstić information content (AvgIpc) is 3.49. The Morgan fingerprint density at radius 3 is 1.53 bits per heavy atom. The van der Waals surface area contributed by atoms with Gasteiger partial charge in [0.05, 0.1) is 32.1 Å². The molecular formula is C39H26N2O17. The molecule has 0 saturated carbocycles. The Labute approximate surface area is 324 Å². The summed E-state index contributed by atoms with van der Waals surface area (Å²) in [5.74, 6) is -4.33. The lowest BCUT2D eigenvalue weighted by molar-refractivity contribution is -0.386. The Hall–Kier alpha value is -8.22. The van der Waals surface area contributed by atoms with E-state index in [1.165, 1.54) is 78.9 Å². The number of rotatable bonds is 15. The fraction of sp³-hybridized carbons (Fsp3) is 0.128. The fourth-order valence-corrected chi connectivity index (χ4v) is 6.59. The Bertz CT molecular complexity index is 2440. The molecule has 0 saturated heterocycles. The molecule has 294 valence electrons. The van der Waals surface area contributed by atoms with Gasteiger partial charge in [0, 0.05) is 41.0 Å². The van der Waals surface area contributed by atoms with Crippen LogP contribution in [0, 0.1) is 20.2 Å². The van der Waals surface area contributed by atoms with Crippen LogP contribution in [0.1, 0.15) is 48.5 Å². The van der Waals surface area contributed by atoms with Gasteiger partial charge in [-0.25, -0.2) is 19.2 Å². The van der Waals surface area contributed by atoms with E-state index in [0.29, 0.717) is 0 Å².